The van der Waals surface area contributed by atoms with Crippen LogP contribution in [0.15, 0.2) is 18.2 Å². The maximum absolute atomic E-state index is 12.4. The number of alkyl halides is 1. The quantitative estimate of drug-likeness (QED) is 0.442. The van der Waals surface area contributed by atoms with E-state index < -0.39 is 0 Å². The number of imide groups is 1. The zero-order valence-electron chi connectivity index (χ0n) is 18.0. The topological polar surface area (TPSA) is 77.5 Å². The highest BCUT2D eigenvalue weighted by molar-refractivity contribution is 6.22. The smallest absolute Gasteiger partial charge is 0.253 e. The first-order valence-corrected chi connectivity index (χ1v) is 10.8. The summed E-state index contributed by atoms with van der Waals surface area (Å²) in [7, 11) is 3.11. The number of halogens is 1. The number of amides is 2. The number of likely N-dealkylation sites (tertiary alicyclic amines) is 1. The lowest BCUT2D eigenvalue weighted by atomic mass is 10.1. The maximum atomic E-state index is 12.4. The first-order chi connectivity index (χ1) is 15.0. The molecule has 0 bridgehead atoms. The van der Waals surface area contributed by atoms with Crippen molar-refractivity contribution in [3.63, 3.8) is 0 Å². The van der Waals surface area contributed by atoms with Gasteiger partial charge in [-0.05, 0) is 30.2 Å². The number of carbonyl (C=O) groups excluding carboxylic acids is 2. The summed E-state index contributed by atoms with van der Waals surface area (Å²) in [6, 6.07) is 3.53. The number of hydrogen-bond acceptors (Lipinski definition) is 7. The van der Waals surface area contributed by atoms with Gasteiger partial charge >= 0.3 is 0 Å². The molecule has 2 saturated heterocycles. The number of benzene rings is 1. The second kappa shape index (κ2) is 11.4. The maximum Gasteiger partial charge on any atom is 0.253 e. The molecular weight excluding hydrogens is 424 g/mol. The lowest BCUT2D eigenvalue weighted by Gasteiger charge is -2.26. The molecule has 8 nitrogen and oxygen atoms in total. The van der Waals surface area contributed by atoms with Crippen LogP contribution >= 0.6 is 11.6 Å². The number of carbonyl (C=O) groups is 2. The first kappa shape index (κ1) is 23.4. The molecule has 3 rings (SSSR count). The minimum Gasteiger partial charge on any atom is -0.493 e. The highest BCUT2D eigenvalue weighted by Gasteiger charge is 2.27. The molecule has 1 aromatic rings. The van der Waals surface area contributed by atoms with E-state index in [0.717, 1.165) is 32.8 Å². The Kier molecular flexibility index (Phi) is 8.57. The van der Waals surface area contributed by atoms with Gasteiger partial charge in [-0.15, -0.1) is 11.6 Å². The van der Waals surface area contributed by atoms with E-state index in [-0.39, 0.29) is 23.6 Å². The third-order valence-electron chi connectivity index (χ3n) is 5.29. The molecule has 0 saturated carbocycles. The number of nitrogens with zero attached hydrogens (tertiary/aromatic N) is 2. The van der Waals surface area contributed by atoms with E-state index in [4.69, 9.17) is 30.5 Å². The fraction of sp³-hybridized carbons (Fsp3) is 0.545. The molecule has 2 heterocycles. The van der Waals surface area contributed by atoms with Crippen LogP contribution in [0.1, 0.15) is 18.4 Å². The number of piperidine rings is 1. The van der Waals surface area contributed by atoms with Crippen molar-refractivity contribution in [3.8, 4) is 17.2 Å². The van der Waals surface area contributed by atoms with Crippen molar-refractivity contribution in [3.05, 3.63) is 23.8 Å². The predicted octanol–water partition coefficient (Wildman–Crippen LogP) is 2.18. The molecule has 170 valence electrons. The van der Waals surface area contributed by atoms with Crippen LogP contribution in [0.25, 0.3) is 6.08 Å². The summed E-state index contributed by atoms with van der Waals surface area (Å²) >= 11 is 5.99. The highest BCUT2D eigenvalue weighted by atomic mass is 35.5. The van der Waals surface area contributed by atoms with Crippen molar-refractivity contribution in [2.75, 3.05) is 60.2 Å². The molecule has 1 unspecified atom stereocenters. The Labute approximate surface area is 187 Å². The Morgan fingerprint density at radius 2 is 1.87 bits per heavy atom. The van der Waals surface area contributed by atoms with Crippen LogP contribution in [-0.4, -0.2) is 87.2 Å². The molecule has 0 aromatic heterocycles. The van der Waals surface area contributed by atoms with E-state index in [2.05, 4.69) is 4.90 Å². The van der Waals surface area contributed by atoms with Crippen LogP contribution in [0.5, 0.6) is 17.2 Å². The Hall–Kier alpha value is -2.29. The zero-order valence-corrected chi connectivity index (χ0v) is 18.7. The lowest BCUT2D eigenvalue weighted by molar-refractivity contribution is -0.143. The van der Waals surface area contributed by atoms with Gasteiger partial charge in [-0.3, -0.25) is 19.4 Å². The van der Waals surface area contributed by atoms with Gasteiger partial charge in [0, 0.05) is 44.1 Å². The van der Waals surface area contributed by atoms with Gasteiger partial charge < -0.3 is 18.9 Å². The molecule has 2 fully saturated rings. The largest absolute Gasteiger partial charge is 0.493 e. The van der Waals surface area contributed by atoms with E-state index >= 15 is 0 Å². The van der Waals surface area contributed by atoms with Crippen LogP contribution in [-0.2, 0) is 14.3 Å². The second-order valence-electron chi connectivity index (χ2n) is 7.36. The normalized spacial score (nSPS) is 20.2. The summed E-state index contributed by atoms with van der Waals surface area (Å²) in [5.74, 6) is 0.915. The monoisotopic (exact) mass is 452 g/mol. The molecule has 9 heteroatoms. The number of methoxy groups -OCH3 is 2. The van der Waals surface area contributed by atoms with Crippen molar-refractivity contribution >= 4 is 29.5 Å². The zero-order chi connectivity index (χ0) is 22.2. The first-order valence-electron chi connectivity index (χ1n) is 10.4. The van der Waals surface area contributed by atoms with Crippen molar-refractivity contribution < 1.29 is 28.5 Å². The Bertz CT molecular complexity index is 784. The van der Waals surface area contributed by atoms with Crippen LogP contribution in [0.3, 0.4) is 0 Å². The van der Waals surface area contributed by atoms with E-state index in [9.17, 15) is 9.59 Å². The number of rotatable bonds is 8. The van der Waals surface area contributed by atoms with Crippen molar-refractivity contribution in [2.24, 2.45) is 0 Å². The summed E-state index contributed by atoms with van der Waals surface area (Å²) < 4.78 is 22.3. The SMILES string of the molecule is COc1cc(/C=C/C(=O)N2CCC(Cl)CC2=O)cc(OC)c1OCCN1CCOCC1. The highest BCUT2D eigenvalue weighted by Crippen LogP contribution is 2.39. The summed E-state index contributed by atoms with van der Waals surface area (Å²) in [6.07, 6.45) is 3.79. The molecule has 0 aliphatic carbocycles. The fourth-order valence-electron chi connectivity index (χ4n) is 3.53. The van der Waals surface area contributed by atoms with Gasteiger partial charge in [-0.25, -0.2) is 0 Å². The van der Waals surface area contributed by atoms with Gasteiger partial charge in [-0.1, -0.05) is 0 Å². The summed E-state index contributed by atoms with van der Waals surface area (Å²) in [5.41, 5.74) is 0.697. The standard InChI is InChI=1S/C22H29ClN2O6/c1-28-18-13-16(3-4-20(26)25-6-5-17(23)15-21(25)27)14-19(29-2)22(18)31-12-9-24-7-10-30-11-8-24/h3-4,13-14,17H,5-12,15H2,1-2H3/b4-3+. The average Bonchev–Trinajstić information content (AvgIpc) is 2.78. The minimum atomic E-state index is -0.364. The number of hydrogen-bond donors (Lipinski definition) is 0. The molecule has 0 spiro atoms. The minimum absolute atomic E-state index is 0.180. The number of ether oxygens (including phenoxy) is 4. The van der Waals surface area contributed by atoms with E-state index in [0.29, 0.717) is 42.4 Å². The van der Waals surface area contributed by atoms with Crippen molar-refractivity contribution in [1.82, 2.24) is 9.80 Å². The fourth-order valence-corrected chi connectivity index (χ4v) is 3.76. The summed E-state index contributed by atoms with van der Waals surface area (Å²) in [6.45, 7) is 4.85. The molecule has 2 aliphatic rings. The molecule has 1 atom stereocenters. The van der Waals surface area contributed by atoms with Gasteiger partial charge in [0.15, 0.2) is 11.5 Å². The molecule has 2 amide bonds. The number of morpholine rings is 1. The Morgan fingerprint density at radius 3 is 2.48 bits per heavy atom. The van der Waals surface area contributed by atoms with Crippen LogP contribution < -0.4 is 14.2 Å². The Morgan fingerprint density at radius 1 is 1.19 bits per heavy atom. The second-order valence-corrected chi connectivity index (χ2v) is 7.98. The van der Waals surface area contributed by atoms with Crippen LogP contribution in [0.4, 0.5) is 0 Å². The van der Waals surface area contributed by atoms with Crippen LogP contribution in [0.2, 0.25) is 0 Å². The van der Waals surface area contributed by atoms with E-state index in [1.807, 2.05) is 0 Å². The van der Waals surface area contributed by atoms with Gasteiger partial charge in [0.2, 0.25) is 11.7 Å². The van der Waals surface area contributed by atoms with Gasteiger partial charge in [0.05, 0.1) is 27.4 Å². The lowest BCUT2D eigenvalue weighted by Crippen LogP contribution is -2.42. The molecule has 0 N–H and O–H groups in total. The van der Waals surface area contributed by atoms with E-state index in [1.165, 1.54) is 11.0 Å². The molecule has 31 heavy (non-hydrogen) atoms. The van der Waals surface area contributed by atoms with Gasteiger partial charge in [0.1, 0.15) is 6.61 Å². The third-order valence-corrected chi connectivity index (χ3v) is 5.66. The van der Waals surface area contributed by atoms with Crippen LogP contribution in [0, 0.1) is 0 Å². The molecule has 2 aliphatic heterocycles. The third kappa shape index (κ3) is 6.35. The average molecular weight is 453 g/mol. The summed E-state index contributed by atoms with van der Waals surface area (Å²) in [5, 5.41) is -0.204. The Balaban J connectivity index is 1.66. The summed E-state index contributed by atoms with van der Waals surface area (Å²) in [4.78, 5) is 28.0. The van der Waals surface area contributed by atoms with Crippen molar-refractivity contribution in [1.29, 1.82) is 0 Å². The molecule has 1 aromatic carbocycles. The molecule has 0 radical (unpaired) electrons. The van der Waals surface area contributed by atoms with E-state index in [1.54, 1.807) is 32.4 Å². The molecular formula is C22H29ClN2O6. The predicted molar refractivity (Wildman–Crippen MR) is 117 cm³/mol. The van der Waals surface area contributed by atoms with Crippen molar-refractivity contribution in [2.45, 2.75) is 18.2 Å². The van der Waals surface area contributed by atoms with Gasteiger partial charge in [0.25, 0.3) is 5.91 Å². The van der Waals surface area contributed by atoms with Gasteiger partial charge in [-0.2, -0.15) is 0 Å².